The normalized spacial score (nSPS) is 18.5. The van der Waals surface area contributed by atoms with Crippen LogP contribution in [0.25, 0.3) is 0 Å². The lowest BCUT2D eigenvalue weighted by Crippen LogP contribution is -2.33. The lowest BCUT2D eigenvalue weighted by atomic mass is 9.82. The first-order chi connectivity index (χ1) is 14.5. The van der Waals surface area contributed by atoms with E-state index in [1.807, 2.05) is 0 Å². The number of aromatic nitrogens is 1. The van der Waals surface area contributed by atoms with E-state index in [1.165, 1.54) is 12.3 Å². The number of pyridine rings is 1. The highest BCUT2D eigenvalue weighted by Crippen LogP contribution is 2.30. The van der Waals surface area contributed by atoms with Crippen LogP contribution in [0.2, 0.25) is 0 Å². The van der Waals surface area contributed by atoms with Crippen molar-refractivity contribution in [3.05, 3.63) is 53.7 Å². The molecule has 1 aliphatic rings. The van der Waals surface area contributed by atoms with Gasteiger partial charge in [-0.1, -0.05) is 0 Å². The quantitative estimate of drug-likeness (QED) is 0.680. The molecule has 0 aliphatic heterocycles. The highest BCUT2D eigenvalue weighted by atomic mass is 19.1. The molecule has 1 aliphatic carbocycles. The molecule has 0 bridgehead atoms. The molecular formula is C22H24F2N2O4. The third-order valence-corrected chi connectivity index (χ3v) is 5.13. The first-order valence-corrected chi connectivity index (χ1v) is 10.0. The molecule has 1 heterocycles. The fourth-order valence-electron chi connectivity index (χ4n) is 3.50. The number of amides is 1. The van der Waals surface area contributed by atoms with Crippen molar-refractivity contribution in [2.75, 3.05) is 13.2 Å². The Kier molecular flexibility index (Phi) is 7.32. The number of carbonyl (C=O) groups is 2. The summed E-state index contributed by atoms with van der Waals surface area (Å²) in [5, 5.41) is 2.86. The van der Waals surface area contributed by atoms with Gasteiger partial charge in [0.15, 0.2) is 11.6 Å². The van der Waals surface area contributed by atoms with E-state index < -0.39 is 17.5 Å². The highest BCUT2D eigenvalue weighted by Gasteiger charge is 2.27. The molecule has 1 saturated carbocycles. The van der Waals surface area contributed by atoms with Gasteiger partial charge in [0.05, 0.1) is 12.5 Å². The van der Waals surface area contributed by atoms with Crippen LogP contribution >= 0.6 is 0 Å². The second-order valence-electron chi connectivity index (χ2n) is 7.21. The predicted octanol–water partition coefficient (Wildman–Crippen LogP) is 4.25. The van der Waals surface area contributed by atoms with Gasteiger partial charge in [0.2, 0.25) is 5.88 Å². The molecule has 0 saturated heterocycles. The molecule has 1 amide bonds. The van der Waals surface area contributed by atoms with Crippen LogP contribution in [0, 0.1) is 23.5 Å². The number of benzene rings is 1. The van der Waals surface area contributed by atoms with Crippen molar-refractivity contribution >= 4 is 11.9 Å². The van der Waals surface area contributed by atoms with E-state index in [9.17, 15) is 18.4 Å². The summed E-state index contributed by atoms with van der Waals surface area (Å²) in [6, 6.07) is 6.01. The molecule has 0 atom stereocenters. The average Bonchev–Trinajstić information content (AvgIpc) is 2.75. The second kappa shape index (κ2) is 10.1. The van der Waals surface area contributed by atoms with Gasteiger partial charge in [-0.05, 0) is 62.8 Å². The molecule has 3 rings (SSSR count). The zero-order valence-corrected chi connectivity index (χ0v) is 16.7. The van der Waals surface area contributed by atoms with E-state index in [1.54, 1.807) is 13.0 Å². The maximum atomic E-state index is 13.9. The van der Waals surface area contributed by atoms with Crippen LogP contribution in [0.4, 0.5) is 8.78 Å². The molecule has 30 heavy (non-hydrogen) atoms. The standard InChI is InChI=1S/C22H24F2N2O4/c1-2-29-22(28)15-7-5-14(6-8-15)13-26-20(27)17-4-3-11-25-21(17)30-19-10-9-16(23)12-18(19)24/h3-4,9-12,14-15H,2,5-8,13H2,1H3,(H,26,27). The van der Waals surface area contributed by atoms with E-state index in [4.69, 9.17) is 9.47 Å². The summed E-state index contributed by atoms with van der Waals surface area (Å²) >= 11 is 0. The summed E-state index contributed by atoms with van der Waals surface area (Å²) in [5.41, 5.74) is 0.154. The van der Waals surface area contributed by atoms with Crippen molar-refractivity contribution in [3.8, 4) is 11.6 Å². The summed E-state index contributed by atoms with van der Waals surface area (Å²) in [6.07, 6.45) is 4.54. The maximum Gasteiger partial charge on any atom is 0.308 e. The van der Waals surface area contributed by atoms with Gasteiger partial charge >= 0.3 is 5.97 Å². The Morgan fingerprint density at radius 1 is 1.17 bits per heavy atom. The summed E-state index contributed by atoms with van der Waals surface area (Å²) in [7, 11) is 0. The molecule has 2 aromatic rings. The highest BCUT2D eigenvalue weighted by molar-refractivity contribution is 5.96. The molecule has 1 aromatic heterocycles. The monoisotopic (exact) mass is 418 g/mol. The van der Waals surface area contributed by atoms with Gasteiger partial charge in [0.25, 0.3) is 5.91 Å². The Hall–Kier alpha value is -3.03. The Bertz CT molecular complexity index is 898. The van der Waals surface area contributed by atoms with Gasteiger partial charge in [-0.3, -0.25) is 9.59 Å². The van der Waals surface area contributed by atoms with Gasteiger partial charge < -0.3 is 14.8 Å². The number of ether oxygens (including phenoxy) is 2. The van der Waals surface area contributed by atoms with Gasteiger partial charge in [0, 0.05) is 18.8 Å². The van der Waals surface area contributed by atoms with Crippen LogP contribution in [-0.4, -0.2) is 30.0 Å². The molecule has 160 valence electrons. The van der Waals surface area contributed by atoms with E-state index >= 15 is 0 Å². The SMILES string of the molecule is CCOC(=O)C1CCC(CNC(=O)c2cccnc2Oc2ccc(F)cc2F)CC1. The number of rotatable bonds is 7. The van der Waals surface area contributed by atoms with Crippen LogP contribution in [0.5, 0.6) is 11.6 Å². The maximum absolute atomic E-state index is 13.9. The molecule has 0 radical (unpaired) electrons. The van der Waals surface area contributed by atoms with Gasteiger partial charge in [-0.2, -0.15) is 0 Å². The number of nitrogens with zero attached hydrogens (tertiary/aromatic N) is 1. The first kappa shape index (κ1) is 21.7. The van der Waals surface area contributed by atoms with Crippen molar-refractivity contribution in [1.29, 1.82) is 0 Å². The van der Waals surface area contributed by atoms with Gasteiger partial charge in [0.1, 0.15) is 11.4 Å². The molecule has 1 N–H and O–H groups in total. The minimum atomic E-state index is -0.884. The summed E-state index contributed by atoms with van der Waals surface area (Å²) in [4.78, 5) is 28.5. The number of carbonyl (C=O) groups excluding carboxylic acids is 2. The Balaban J connectivity index is 1.57. The molecule has 0 spiro atoms. The molecule has 0 unspecified atom stereocenters. The van der Waals surface area contributed by atoms with Crippen molar-refractivity contribution in [2.45, 2.75) is 32.6 Å². The van der Waals surface area contributed by atoms with E-state index in [2.05, 4.69) is 10.3 Å². The minimum absolute atomic E-state index is 0.0634. The third-order valence-electron chi connectivity index (χ3n) is 5.13. The van der Waals surface area contributed by atoms with Crippen LogP contribution < -0.4 is 10.1 Å². The molecule has 1 aromatic carbocycles. The van der Waals surface area contributed by atoms with Crippen molar-refractivity contribution < 1.29 is 27.8 Å². The van der Waals surface area contributed by atoms with Crippen molar-refractivity contribution in [1.82, 2.24) is 10.3 Å². The molecular weight excluding hydrogens is 394 g/mol. The lowest BCUT2D eigenvalue weighted by Gasteiger charge is -2.27. The van der Waals surface area contributed by atoms with E-state index in [0.29, 0.717) is 19.2 Å². The largest absolute Gasteiger partial charge is 0.466 e. The number of hydrogen-bond acceptors (Lipinski definition) is 5. The number of hydrogen-bond donors (Lipinski definition) is 1. The number of halogens is 2. The Morgan fingerprint density at radius 2 is 1.93 bits per heavy atom. The molecule has 1 fully saturated rings. The average molecular weight is 418 g/mol. The van der Waals surface area contributed by atoms with Crippen LogP contribution in [0.15, 0.2) is 36.5 Å². The fourth-order valence-corrected chi connectivity index (χ4v) is 3.50. The summed E-state index contributed by atoms with van der Waals surface area (Å²) in [5.74, 6) is -2.25. The van der Waals surface area contributed by atoms with E-state index in [-0.39, 0.29) is 35.0 Å². The van der Waals surface area contributed by atoms with Gasteiger partial charge in [-0.15, -0.1) is 0 Å². The Morgan fingerprint density at radius 3 is 2.63 bits per heavy atom. The zero-order chi connectivity index (χ0) is 21.5. The smallest absolute Gasteiger partial charge is 0.308 e. The lowest BCUT2D eigenvalue weighted by molar-refractivity contribution is -0.149. The molecule has 6 nitrogen and oxygen atoms in total. The minimum Gasteiger partial charge on any atom is -0.466 e. The van der Waals surface area contributed by atoms with Crippen molar-refractivity contribution in [3.63, 3.8) is 0 Å². The second-order valence-corrected chi connectivity index (χ2v) is 7.21. The topological polar surface area (TPSA) is 77.5 Å². The predicted molar refractivity (Wildman–Crippen MR) is 105 cm³/mol. The van der Waals surface area contributed by atoms with Gasteiger partial charge in [-0.25, -0.2) is 13.8 Å². The summed E-state index contributed by atoms with van der Waals surface area (Å²) in [6.45, 7) is 2.62. The fraction of sp³-hybridized carbons (Fsp3) is 0.409. The van der Waals surface area contributed by atoms with Crippen LogP contribution in [0.1, 0.15) is 43.0 Å². The number of esters is 1. The van der Waals surface area contributed by atoms with Crippen LogP contribution in [-0.2, 0) is 9.53 Å². The van der Waals surface area contributed by atoms with Crippen LogP contribution in [0.3, 0.4) is 0 Å². The third kappa shape index (κ3) is 5.52. The molecule has 8 heteroatoms. The van der Waals surface area contributed by atoms with Crippen molar-refractivity contribution in [2.24, 2.45) is 11.8 Å². The first-order valence-electron chi connectivity index (χ1n) is 10.0. The number of nitrogens with one attached hydrogen (secondary N) is 1. The summed E-state index contributed by atoms with van der Waals surface area (Å²) < 4.78 is 37.4. The zero-order valence-electron chi connectivity index (χ0n) is 16.7. The Labute approximate surface area is 173 Å². The van der Waals surface area contributed by atoms with E-state index in [0.717, 1.165) is 37.8 Å².